The molecule has 2 fully saturated rings. The smallest absolute Gasteiger partial charge is 0.266 e. The van der Waals surface area contributed by atoms with E-state index in [-0.39, 0.29) is 31.0 Å². The van der Waals surface area contributed by atoms with E-state index < -0.39 is 0 Å². The van der Waals surface area contributed by atoms with E-state index in [0.717, 1.165) is 24.8 Å². The Morgan fingerprint density at radius 3 is 2.93 bits per heavy atom. The molecule has 2 aliphatic heterocycles. The number of carbonyl (C=O) groups excluding carboxylic acids is 2. The number of nitrogens with zero attached hydrogens (tertiary/aromatic N) is 2. The van der Waals surface area contributed by atoms with Crippen molar-refractivity contribution in [3.63, 3.8) is 0 Å². The zero-order valence-corrected chi connectivity index (χ0v) is 17.4. The van der Waals surface area contributed by atoms with Crippen LogP contribution in [0.25, 0.3) is 6.08 Å². The molecule has 150 valence electrons. The van der Waals surface area contributed by atoms with Gasteiger partial charge in [-0.05, 0) is 37.8 Å². The summed E-state index contributed by atoms with van der Waals surface area (Å²) in [6, 6.07) is 7.46. The molecular formula is C20H24N2O4S2. The summed E-state index contributed by atoms with van der Waals surface area (Å²) in [6.45, 7) is 0.655. The number of aliphatic hydroxyl groups excluding tert-OH is 1. The minimum atomic E-state index is -0.259. The number of likely N-dealkylation sites (tertiary alicyclic amines) is 1. The minimum Gasteiger partial charge on any atom is -0.496 e. The summed E-state index contributed by atoms with van der Waals surface area (Å²) in [5, 5.41) is 9.26. The lowest BCUT2D eigenvalue weighted by atomic mass is 9.99. The predicted octanol–water partition coefficient (Wildman–Crippen LogP) is 2.66. The first-order valence-electron chi connectivity index (χ1n) is 9.34. The highest BCUT2D eigenvalue weighted by molar-refractivity contribution is 8.26. The molecule has 3 rings (SSSR count). The number of ether oxygens (including phenoxy) is 1. The van der Waals surface area contributed by atoms with Crippen molar-refractivity contribution in [2.75, 3.05) is 26.8 Å². The summed E-state index contributed by atoms with van der Waals surface area (Å²) in [7, 11) is 1.58. The van der Waals surface area contributed by atoms with E-state index in [2.05, 4.69) is 0 Å². The van der Waals surface area contributed by atoms with E-state index in [9.17, 15) is 14.7 Å². The molecule has 0 spiro atoms. The van der Waals surface area contributed by atoms with Gasteiger partial charge in [0.2, 0.25) is 5.91 Å². The number of para-hydroxylation sites is 1. The van der Waals surface area contributed by atoms with E-state index in [0.29, 0.717) is 27.9 Å². The number of carbonyl (C=O) groups is 2. The second-order valence-electron chi connectivity index (χ2n) is 6.76. The van der Waals surface area contributed by atoms with Gasteiger partial charge in [-0.15, -0.1) is 0 Å². The SMILES string of the molecule is COc1ccccc1/C=C1\SC(=S)N(CC(=O)N2CCCC[C@H]2CCO)C1=O. The molecule has 2 amide bonds. The monoisotopic (exact) mass is 420 g/mol. The summed E-state index contributed by atoms with van der Waals surface area (Å²) in [5.41, 5.74) is 0.788. The summed E-state index contributed by atoms with van der Waals surface area (Å²) < 4.78 is 5.71. The van der Waals surface area contributed by atoms with Crippen LogP contribution >= 0.6 is 24.0 Å². The van der Waals surface area contributed by atoms with Crippen LogP contribution in [0, 0.1) is 0 Å². The predicted molar refractivity (Wildman–Crippen MR) is 114 cm³/mol. The van der Waals surface area contributed by atoms with Crippen molar-refractivity contribution in [3.05, 3.63) is 34.7 Å². The highest BCUT2D eigenvalue weighted by Gasteiger charge is 2.36. The Labute approximate surface area is 174 Å². The van der Waals surface area contributed by atoms with Gasteiger partial charge in [-0.3, -0.25) is 14.5 Å². The number of benzene rings is 1. The van der Waals surface area contributed by atoms with Gasteiger partial charge < -0.3 is 14.7 Å². The second-order valence-corrected chi connectivity index (χ2v) is 8.43. The maximum Gasteiger partial charge on any atom is 0.266 e. The molecular weight excluding hydrogens is 396 g/mol. The molecule has 0 saturated carbocycles. The molecule has 1 aromatic carbocycles. The van der Waals surface area contributed by atoms with Crippen LogP contribution in [0.4, 0.5) is 0 Å². The first-order valence-corrected chi connectivity index (χ1v) is 10.6. The number of hydrogen-bond donors (Lipinski definition) is 1. The number of piperidine rings is 1. The summed E-state index contributed by atoms with van der Waals surface area (Å²) >= 11 is 6.56. The average molecular weight is 421 g/mol. The van der Waals surface area contributed by atoms with Gasteiger partial charge in [-0.25, -0.2) is 0 Å². The van der Waals surface area contributed by atoms with E-state index in [1.165, 1.54) is 16.7 Å². The normalized spacial score (nSPS) is 21.5. The molecule has 1 atom stereocenters. The highest BCUT2D eigenvalue weighted by atomic mass is 32.2. The van der Waals surface area contributed by atoms with Crippen molar-refractivity contribution < 1.29 is 19.4 Å². The Morgan fingerprint density at radius 1 is 1.39 bits per heavy atom. The fourth-order valence-corrected chi connectivity index (χ4v) is 4.81. The Kier molecular flexibility index (Phi) is 7.09. The molecule has 2 saturated heterocycles. The molecule has 0 aliphatic carbocycles. The van der Waals surface area contributed by atoms with Gasteiger partial charge in [0.25, 0.3) is 5.91 Å². The van der Waals surface area contributed by atoms with Crippen molar-refractivity contribution in [2.45, 2.75) is 31.7 Å². The first kappa shape index (κ1) is 20.8. The third-order valence-electron chi connectivity index (χ3n) is 5.00. The fraction of sp³-hybridized carbons (Fsp3) is 0.450. The molecule has 1 aromatic rings. The molecule has 0 bridgehead atoms. The molecule has 0 unspecified atom stereocenters. The fourth-order valence-electron chi connectivity index (χ4n) is 3.57. The molecule has 28 heavy (non-hydrogen) atoms. The number of amides is 2. The number of methoxy groups -OCH3 is 1. The van der Waals surface area contributed by atoms with Crippen molar-refractivity contribution in [1.82, 2.24) is 9.80 Å². The van der Waals surface area contributed by atoms with Gasteiger partial charge in [-0.2, -0.15) is 0 Å². The first-order chi connectivity index (χ1) is 13.5. The maximum absolute atomic E-state index is 12.8. The van der Waals surface area contributed by atoms with Gasteiger partial charge in [0.1, 0.15) is 16.6 Å². The average Bonchev–Trinajstić information content (AvgIpc) is 2.96. The number of hydrogen-bond acceptors (Lipinski definition) is 6. The number of rotatable bonds is 6. The maximum atomic E-state index is 12.8. The molecule has 8 heteroatoms. The van der Waals surface area contributed by atoms with Gasteiger partial charge in [-0.1, -0.05) is 42.2 Å². The van der Waals surface area contributed by atoms with Crippen LogP contribution in [0.2, 0.25) is 0 Å². The minimum absolute atomic E-state index is 0.0359. The molecule has 2 aliphatic rings. The standard InChI is InChI=1S/C20H24N2O4S2/c1-26-16-8-3-2-6-14(16)12-17-19(25)22(20(27)28-17)13-18(24)21-10-5-4-7-15(21)9-11-23/h2-3,6,8,12,15,23H,4-5,7,9-11,13H2,1H3/b17-12-/t15-/m0/s1. The molecule has 0 radical (unpaired) electrons. The molecule has 2 heterocycles. The van der Waals surface area contributed by atoms with Gasteiger partial charge in [0, 0.05) is 24.8 Å². The second kappa shape index (κ2) is 9.54. The third-order valence-corrected chi connectivity index (χ3v) is 6.38. The zero-order chi connectivity index (χ0) is 20.1. The number of aliphatic hydroxyl groups is 1. The van der Waals surface area contributed by atoms with Crippen molar-refractivity contribution in [2.24, 2.45) is 0 Å². The molecule has 1 N–H and O–H groups in total. The van der Waals surface area contributed by atoms with E-state index in [1.54, 1.807) is 18.1 Å². The lowest BCUT2D eigenvalue weighted by molar-refractivity contribution is -0.138. The van der Waals surface area contributed by atoms with E-state index in [1.807, 2.05) is 24.3 Å². The lowest BCUT2D eigenvalue weighted by Gasteiger charge is -2.36. The van der Waals surface area contributed by atoms with Gasteiger partial charge in [0.15, 0.2) is 0 Å². The topological polar surface area (TPSA) is 70.1 Å². The molecule has 6 nitrogen and oxygen atoms in total. The zero-order valence-electron chi connectivity index (χ0n) is 15.8. The summed E-state index contributed by atoms with van der Waals surface area (Å²) in [5.74, 6) is 0.293. The third kappa shape index (κ3) is 4.56. The van der Waals surface area contributed by atoms with Crippen LogP contribution in [0.3, 0.4) is 0 Å². The summed E-state index contributed by atoms with van der Waals surface area (Å²) in [4.78, 5) is 29.3. The number of thioether (sulfide) groups is 1. The van der Waals surface area contributed by atoms with Crippen molar-refractivity contribution in [3.8, 4) is 5.75 Å². The van der Waals surface area contributed by atoms with E-state index in [4.69, 9.17) is 17.0 Å². The Balaban J connectivity index is 1.73. The summed E-state index contributed by atoms with van der Waals surface area (Å²) in [6.07, 6.45) is 5.20. The quantitative estimate of drug-likeness (QED) is 0.564. The van der Waals surface area contributed by atoms with E-state index >= 15 is 0 Å². The van der Waals surface area contributed by atoms with Gasteiger partial charge in [0.05, 0.1) is 12.0 Å². The van der Waals surface area contributed by atoms with Crippen LogP contribution in [0.15, 0.2) is 29.2 Å². The number of thiocarbonyl (C=S) groups is 1. The van der Waals surface area contributed by atoms with Crippen LogP contribution in [-0.2, 0) is 9.59 Å². The van der Waals surface area contributed by atoms with Crippen LogP contribution in [0.1, 0.15) is 31.2 Å². The molecule has 0 aromatic heterocycles. The van der Waals surface area contributed by atoms with Crippen LogP contribution in [0.5, 0.6) is 5.75 Å². The Bertz CT molecular complexity index is 794. The lowest BCUT2D eigenvalue weighted by Crippen LogP contribution is -2.49. The van der Waals surface area contributed by atoms with Crippen LogP contribution < -0.4 is 4.74 Å². The largest absolute Gasteiger partial charge is 0.496 e. The van der Waals surface area contributed by atoms with Gasteiger partial charge >= 0.3 is 0 Å². The Morgan fingerprint density at radius 2 is 2.18 bits per heavy atom. The van der Waals surface area contributed by atoms with Crippen LogP contribution in [-0.4, -0.2) is 63.9 Å². The highest BCUT2D eigenvalue weighted by Crippen LogP contribution is 2.34. The van der Waals surface area contributed by atoms with Crippen molar-refractivity contribution in [1.29, 1.82) is 0 Å². The van der Waals surface area contributed by atoms with Crippen molar-refractivity contribution >= 4 is 46.2 Å². The Hall–Kier alpha value is -1.90.